The maximum Gasteiger partial charge on any atom is 0.255 e. The Kier molecular flexibility index (Phi) is 3.62. The molecule has 4 N–H and O–H groups in total. The van der Waals surface area contributed by atoms with Crippen LogP contribution in [0.25, 0.3) is 0 Å². The number of benzene rings is 1. The second kappa shape index (κ2) is 4.75. The Morgan fingerprint density at radius 1 is 1.60 bits per heavy atom. The van der Waals surface area contributed by atoms with Crippen molar-refractivity contribution in [1.29, 1.82) is 0 Å². The third-order valence-electron chi connectivity index (χ3n) is 1.84. The van der Waals surface area contributed by atoms with E-state index >= 15 is 0 Å². The maximum absolute atomic E-state index is 12.9. The minimum Gasteiger partial charge on any atom is -0.483 e. The molecule has 82 valence electrons. The summed E-state index contributed by atoms with van der Waals surface area (Å²) in [5, 5.41) is 0. The number of amides is 1. The highest BCUT2D eigenvalue weighted by Crippen LogP contribution is 2.24. The lowest BCUT2D eigenvalue weighted by molar-refractivity contribution is -0.119. The summed E-state index contributed by atoms with van der Waals surface area (Å²) < 4.78 is 17.9. The van der Waals surface area contributed by atoms with E-state index in [4.69, 9.17) is 16.2 Å². The molecule has 0 spiro atoms. The van der Waals surface area contributed by atoms with Gasteiger partial charge in [-0.05, 0) is 13.0 Å². The van der Waals surface area contributed by atoms with Crippen LogP contribution in [0.15, 0.2) is 18.2 Å². The Hall–Kier alpha value is -1.62. The molecular weight excluding hydrogens is 199 g/mol. The molecule has 5 heteroatoms. The van der Waals surface area contributed by atoms with Crippen molar-refractivity contribution >= 4 is 5.91 Å². The molecule has 0 aliphatic rings. The van der Waals surface area contributed by atoms with Crippen molar-refractivity contribution in [2.45, 2.75) is 13.0 Å². The van der Waals surface area contributed by atoms with Crippen molar-refractivity contribution in [3.8, 4) is 5.75 Å². The monoisotopic (exact) mass is 212 g/mol. The summed E-state index contributed by atoms with van der Waals surface area (Å²) in [7, 11) is 0. The molecule has 0 fully saturated rings. The lowest BCUT2D eigenvalue weighted by atomic mass is 10.1. The van der Waals surface area contributed by atoms with E-state index < -0.39 is 11.7 Å². The van der Waals surface area contributed by atoms with Gasteiger partial charge in [-0.3, -0.25) is 4.79 Å². The second-order valence-electron chi connectivity index (χ2n) is 3.23. The van der Waals surface area contributed by atoms with Gasteiger partial charge in [-0.25, -0.2) is 4.39 Å². The molecule has 0 radical (unpaired) electrons. The summed E-state index contributed by atoms with van der Waals surface area (Å²) in [5.41, 5.74) is 11.2. The van der Waals surface area contributed by atoms with E-state index in [2.05, 4.69) is 0 Å². The highest BCUT2D eigenvalue weighted by Gasteiger charge is 2.10. The molecular formula is C10H13FN2O2. The van der Waals surface area contributed by atoms with E-state index in [0.717, 1.165) is 0 Å². The van der Waals surface area contributed by atoms with E-state index in [1.165, 1.54) is 18.2 Å². The van der Waals surface area contributed by atoms with Crippen LogP contribution in [0.5, 0.6) is 5.75 Å². The molecule has 0 aliphatic carbocycles. The minimum atomic E-state index is -0.616. The molecule has 15 heavy (non-hydrogen) atoms. The van der Waals surface area contributed by atoms with Crippen LogP contribution in [-0.2, 0) is 4.79 Å². The van der Waals surface area contributed by atoms with Gasteiger partial charge >= 0.3 is 0 Å². The van der Waals surface area contributed by atoms with Gasteiger partial charge in [0.2, 0.25) is 0 Å². The number of primary amides is 1. The third kappa shape index (κ3) is 3.21. The number of hydrogen-bond acceptors (Lipinski definition) is 3. The molecule has 0 unspecified atom stereocenters. The molecule has 1 aromatic carbocycles. The number of carbonyl (C=O) groups is 1. The minimum absolute atomic E-state index is 0.254. The van der Waals surface area contributed by atoms with Gasteiger partial charge in [0.25, 0.3) is 5.91 Å². The number of halogens is 1. The first kappa shape index (κ1) is 11.5. The second-order valence-corrected chi connectivity index (χ2v) is 3.23. The number of rotatable bonds is 4. The van der Waals surface area contributed by atoms with Gasteiger partial charge in [-0.15, -0.1) is 0 Å². The molecule has 0 saturated heterocycles. The van der Waals surface area contributed by atoms with Crippen LogP contribution >= 0.6 is 0 Å². The average Bonchev–Trinajstić information content (AvgIpc) is 2.14. The van der Waals surface area contributed by atoms with Crippen LogP contribution in [0.2, 0.25) is 0 Å². The van der Waals surface area contributed by atoms with Gasteiger partial charge in [-0.1, -0.05) is 6.07 Å². The van der Waals surface area contributed by atoms with Gasteiger partial charge < -0.3 is 16.2 Å². The summed E-state index contributed by atoms with van der Waals surface area (Å²) in [6, 6.07) is 3.70. The van der Waals surface area contributed by atoms with E-state index in [0.29, 0.717) is 5.56 Å². The zero-order valence-electron chi connectivity index (χ0n) is 8.37. The highest BCUT2D eigenvalue weighted by molar-refractivity contribution is 5.75. The SMILES string of the molecule is C[C@H](N)c1ccc(F)cc1OCC(N)=O. The summed E-state index contributed by atoms with van der Waals surface area (Å²) >= 11 is 0. The maximum atomic E-state index is 12.9. The zero-order valence-corrected chi connectivity index (χ0v) is 8.37. The molecule has 0 heterocycles. The van der Waals surface area contributed by atoms with Crippen molar-refractivity contribution in [3.63, 3.8) is 0 Å². The third-order valence-corrected chi connectivity index (χ3v) is 1.84. The lowest BCUT2D eigenvalue weighted by Crippen LogP contribution is -2.21. The van der Waals surface area contributed by atoms with Crippen molar-refractivity contribution in [1.82, 2.24) is 0 Å². The molecule has 0 aromatic heterocycles. The highest BCUT2D eigenvalue weighted by atomic mass is 19.1. The lowest BCUT2D eigenvalue weighted by Gasteiger charge is -2.12. The van der Waals surface area contributed by atoms with Crippen LogP contribution < -0.4 is 16.2 Å². The van der Waals surface area contributed by atoms with E-state index in [9.17, 15) is 9.18 Å². The van der Waals surface area contributed by atoms with Gasteiger partial charge in [0.15, 0.2) is 6.61 Å². The summed E-state index contributed by atoms with van der Waals surface area (Å²) in [5.74, 6) is -0.808. The number of nitrogens with two attached hydrogens (primary N) is 2. The average molecular weight is 212 g/mol. The number of ether oxygens (including phenoxy) is 1. The largest absolute Gasteiger partial charge is 0.483 e. The number of hydrogen-bond donors (Lipinski definition) is 2. The molecule has 1 rings (SSSR count). The van der Waals surface area contributed by atoms with Crippen molar-refractivity contribution in [3.05, 3.63) is 29.6 Å². The number of carbonyl (C=O) groups excluding carboxylic acids is 1. The van der Waals surface area contributed by atoms with Crippen LogP contribution in [0.3, 0.4) is 0 Å². The van der Waals surface area contributed by atoms with Gasteiger partial charge in [0, 0.05) is 17.7 Å². The van der Waals surface area contributed by atoms with E-state index in [-0.39, 0.29) is 18.4 Å². The van der Waals surface area contributed by atoms with Crippen molar-refractivity contribution in [2.75, 3.05) is 6.61 Å². The topological polar surface area (TPSA) is 78.3 Å². The molecule has 1 amide bonds. The molecule has 0 saturated carbocycles. The molecule has 4 nitrogen and oxygen atoms in total. The Morgan fingerprint density at radius 2 is 2.27 bits per heavy atom. The smallest absolute Gasteiger partial charge is 0.255 e. The van der Waals surface area contributed by atoms with Gasteiger partial charge in [-0.2, -0.15) is 0 Å². The fourth-order valence-electron chi connectivity index (χ4n) is 1.16. The zero-order chi connectivity index (χ0) is 11.4. The Morgan fingerprint density at radius 3 is 2.80 bits per heavy atom. The molecule has 1 aromatic rings. The summed E-state index contributed by atoms with van der Waals surface area (Å²) in [4.78, 5) is 10.5. The fourth-order valence-corrected chi connectivity index (χ4v) is 1.16. The molecule has 0 bridgehead atoms. The standard InChI is InChI=1S/C10H13FN2O2/c1-6(12)8-3-2-7(11)4-9(8)15-5-10(13)14/h2-4,6H,5,12H2,1H3,(H2,13,14)/t6-/m0/s1. The fraction of sp³-hybridized carbons (Fsp3) is 0.300. The Labute approximate surface area is 87.0 Å². The first-order chi connectivity index (χ1) is 7.00. The van der Waals surface area contributed by atoms with Crippen LogP contribution in [-0.4, -0.2) is 12.5 Å². The van der Waals surface area contributed by atoms with Gasteiger partial charge in [0.05, 0.1) is 0 Å². The summed E-state index contributed by atoms with van der Waals surface area (Å²) in [6.07, 6.45) is 0. The quantitative estimate of drug-likeness (QED) is 0.771. The van der Waals surface area contributed by atoms with E-state index in [1.807, 2.05) is 0 Å². The van der Waals surface area contributed by atoms with Gasteiger partial charge in [0.1, 0.15) is 11.6 Å². The van der Waals surface area contributed by atoms with Crippen molar-refractivity contribution in [2.24, 2.45) is 11.5 Å². The Balaban J connectivity index is 2.91. The van der Waals surface area contributed by atoms with Crippen LogP contribution in [0, 0.1) is 5.82 Å². The first-order valence-corrected chi connectivity index (χ1v) is 4.47. The Bertz CT molecular complexity index is 366. The normalized spacial score (nSPS) is 12.2. The molecule has 1 atom stereocenters. The van der Waals surface area contributed by atoms with Crippen molar-refractivity contribution < 1.29 is 13.9 Å². The predicted molar refractivity (Wildman–Crippen MR) is 53.7 cm³/mol. The van der Waals surface area contributed by atoms with Crippen LogP contribution in [0.1, 0.15) is 18.5 Å². The summed E-state index contributed by atoms with van der Waals surface area (Å²) in [6.45, 7) is 1.45. The predicted octanol–water partition coefficient (Wildman–Crippen LogP) is 0.710. The first-order valence-electron chi connectivity index (χ1n) is 4.47. The molecule has 0 aliphatic heterocycles. The van der Waals surface area contributed by atoms with Crippen LogP contribution in [0.4, 0.5) is 4.39 Å². The van der Waals surface area contributed by atoms with E-state index in [1.54, 1.807) is 6.92 Å².